The van der Waals surface area contributed by atoms with E-state index in [1.807, 2.05) is 0 Å². The zero-order valence-electron chi connectivity index (χ0n) is 10.7. The van der Waals surface area contributed by atoms with Crippen molar-refractivity contribution in [2.24, 2.45) is 0 Å². The SMILES string of the molecule is Cc1nc(N)c2ncn([C@H]3O[C@H](CO)[C@H](O)[C@@H]3O)c2n1. The second kappa shape index (κ2) is 4.63. The second-order valence-corrected chi connectivity index (χ2v) is 4.71. The number of ether oxygens (including phenoxy) is 1. The van der Waals surface area contributed by atoms with Crippen molar-refractivity contribution >= 4 is 17.0 Å². The number of nitrogen functional groups attached to an aromatic ring is 1. The number of hydrogen-bond donors (Lipinski definition) is 4. The molecule has 2 aromatic rings. The number of aliphatic hydroxyl groups is 3. The number of imidazole rings is 1. The molecule has 1 saturated heterocycles. The maximum absolute atomic E-state index is 10.0. The number of aryl methyl sites for hydroxylation is 1. The number of aliphatic hydroxyl groups excluding tert-OH is 3. The van der Waals surface area contributed by atoms with Crippen LogP contribution in [0.25, 0.3) is 11.2 Å². The lowest BCUT2D eigenvalue weighted by molar-refractivity contribution is -0.0511. The van der Waals surface area contributed by atoms with E-state index in [0.717, 1.165) is 0 Å². The molecule has 0 aliphatic carbocycles. The molecule has 5 N–H and O–H groups in total. The maximum Gasteiger partial charge on any atom is 0.167 e. The van der Waals surface area contributed by atoms with Crippen LogP contribution in [0.2, 0.25) is 0 Å². The number of nitrogens with zero attached hydrogens (tertiary/aromatic N) is 4. The molecule has 1 aliphatic rings. The van der Waals surface area contributed by atoms with Crippen molar-refractivity contribution in [1.29, 1.82) is 0 Å². The summed E-state index contributed by atoms with van der Waals surface area (Å²) in [6.07, 6.45) is -2.70. The summed E-state index contributed by atoms with van der Waals surface area (Å²) in [5, 5.41) is 28.9. The van der Waals surface area contributed by atoms with Gasteiger partial charge >= 0.3 is 0 Å². The van der Waals surface area contributed by atoms with E-state index < -0.39 is 31.1 Å². The van der Waals surface area contributed by atoms with Crippen LogP contribution in [0.4, 0.5) is 5.82 Å². The van der Waals surface area contributed by atoms with Crippen LogP contribution in [-0.2, 0) is 4.74 Å². The molecule has 3 rings (SSSR count). The molecule has 4 atom stereocenters. The molecule has 0 radical (unpaired) electrons. The number of nitrogens with two attached hydrogens (primary N) is 1. The Balaban J connectivity index is 2.07. The van der Waals surface area contributed by atoms with Crippen LogP contribution in [0.1, 0.15) is 12.1 Å². The van der Waals surface area contributed by atoms with E-state index in [0.29, 0.717) is 17.0 Å². The molecule has 0 saturated carbocycles. The fraction of sp³-hybridized carbons (Fsp3) is 0.545. The van der Waals surface area contributed by atoms with Crippen molar-refractivity contribution in [3.63, 3.8) is 0 Å². The van der Waals surface area contributed by atoms with Crippen LogP contribution in [0.3, 0.4) is 0 Å². The standard InChI is InChI=1S/C11H15N5O4/c1-4-14-9(12)6-10(15-4)16(3-13-6)11-8(19)7(18)5(2-17)20-11/h3,5,7-8,11,17-19H,2H2,1H3,(H2,12,14,15)/t5-,7+,8+,11+/m1/s1. The van der Waals surface area contributed by atoms with Gasteiger partial charge in [-0.2, -0.15) is 0 Å². The minimum Gasteiger partial charge on any atom is -0.394 e. The van der Waals surface area contributed by atoms with E-state index in [-0.39, 0.29) is 5.82 Å². The van der Waals surface area contributed by atoms with Crippen molar-refractivity contribution in [3.8, 4) is 0 Å². The van der Waals surface area contributed by atoms with Crippen molar-refractivity contribution in [3.05, 3.63) is 12.2 Å². The molecule has 0 bridgehead atoms. The number of rotatable bonds is 2. The summed E-state index contributed by atoms with van der Waals surface area (Å²) in [6, 6.07) is 0. The Labute approximate surface area is 113 Å². The van der Waals surface area contributed by atoms with Crippen LogP contribution >= 0.6 is 0 Å². The van der Waals surface area contributed by atoms with Gasteiger partial charge in [-0.25, -0.2) is 15.0 Å². The predicted octanol–water partition coefficient (Wildman–Crippen LogP) is -1.67. The van der Waals surface area contributed by atoms with Crippen molar-refractivity contribution < 1.29 is 20.1 Å². The first-order chi connectivity index (χ1) is 9.52. The van der Waals surface area contributed by atoms with Crippen LogP contribution in [0.15, 0.2) is 6.33 Å². The molecule has 0 aromatic carbocycles. The van der Waals surface area contributed by atoms with Crippen molar-refractivity contribution in [2.75, 3.05) is 12.3 Å². The third-order valence-electron chi connectivity index (χ3n) is 3.35. The molecule has 0 unspecified atom stereocenters. The molecule has 3 heterocycles. The van der Waals surface area contributed by atoms with E-state index >= 15 is 0 Å². The van der Waals surface area contributed by atoms with Gasteiger partial charge in [0.25, 0.3) is 0 Å². The van der Waals surface area contributed by atoms with Gasteiger partial charge in [0.2, 0.25) is 0 Å². The number of anilines is 1. The first-order valence-electron chi connectivity index (χ1n) is 6.12. The monoisotopic (exact) mass is 281 g/mol. The Kier molecular flexibility index (Phi) is 3.05. The Bertz CT molecular complexity index is 645. The lowest BCUT2D eigenvalue weighted by atomic mass is 10.1. The van der Waals surface area contributed by atoms with Crippen LogP contribution < -0.4 is 5.73 Å². The van der Waals surface area contributed by atoms with E-state index in [2.05, 4.69) is 15.0 Å². The third-order valence-corrected chi connectivity index (χ3v) is 3.35. The van der Waals surface area contributed by atoms with E-state index in [4.69, 9.17) is 15.6 Å². The second-order valence-electron chi connectivity index (χ2n) is 4.71. The predicted molar refractivity (Wildman–Crippen MR) is 67.5 cm³/mol. The minimum absolute atomic E-state index is 0.234. The fourth-order valence-electron chi connectivity index (χ4n) is 2.35. The highest BCUT2D eigenvalue weighted by Crippen LogP contribution is 2.31. The Morgan fingerprint density at radius 1 is 1.35 bits per heavy atom. The van der Waals surface area contributed by atoms with Crippen LogP contribution in [0, 0.1) is 6.92 Å². The van der Waals surface area contributed by atoms with E-state index in [1.165, 1.54) is 10.9 Å². The Morgan fingerprint density at radius 2 is 2.10 bits per heavy atom. The maximum atomic E-state index is 10.0. The van der Waals surface area contributed by atoms with Crippen LogP contribution in [0.5, 0.6) is 0 Å². The summed E-state index contributed by atoms with van der Waals surface area (Å²) < 4.78 is 6.92. The molecule has 108 valence electrons. The van der Waals surface area contributed by atoms with Gasteiger partial charge in [-0.15, -0.1) is 0 Å². The van der Waals surface area contributed by atoms with Gasteiger partial charge in [-0.05, 0) is 6.92 Å². The van der Waals surface area contributed by atoms with Gasteiger partial charge in [0.05, 0.1) is 12.9 Å². The van der Waals surface area contributed by atoms with Gasteiger partial charge in [0.15, 0.2) is 17.7 Å². The molecule has 9 heteroatoms. The van der Waals surface area contributed by atoms with Crippen LogP contribution in [-0.4, -0.2) is 59.8 Å². The van der Waals surface area contributed by atoms with Crippen molar-refractivity contribution in [2.45, 2.75) is 31.5 Å². The quantitative estimate of drug-likeness (QED) is 0.512. The first kappa shape index (κ1) is 13.2. The molecule has 1 aliphatic heterocycles. The summed E-state index contributed by atoms with van der Waals surface area (Å²) >= 11 is 0. The molecule has 1 fully saturated rings. The van der Waals surface area contributed by atoms with E-state index in [1.54, 1.807) is 6.92 Å². The number of hydrogen-bond acceptors (Lipinski definition) is 8. The average Bonchev–Trinajstić information content (AvgIpc) is 2.93. The van der Waals surface area contributed by atoms with E-state index in [9.17, 15) is 10.2 Å². The largest absolute Gasteiger partial charge is 0.394 e. The minimum atomic E-state index is -1.19. The highest BCUT2D eigenvalue weighted by molar-refractivity contribution is 5.81. The van der Waals surface area contributed by atoms with Gasteiger partial charge in [-0.1, -0.05) is 0 Å². The Morgan fingerprint density at radius 3 is 2.75 bits per heavy atom. The molecule has 2 aromatic heterocycles. The molecule has 9 nitrogen and oxygen atoms in total. The smallest absolute Gasteiger partial charge is 0.167 e. The molecule has 20 heavy (non-hydrogen) atoms. The Hall–Kier alpha value is -1.81. The number of fused-ring (bicyclic) bond motifs is 1. The summed E-state index contributed by atoms with van der Waals surface area (Å²) in [4.78, 5) is 12.3. The summed E-state index contributed by atoms with van der Waals surface area (Å²) in [5.74, 6) is 0.696. The van der Waals surface area contributed by atoms with Gasteiger partial charge in [0, 0.05) is 0 Å². The molecular weight excluding hydrogens is 266 g/mol. The van der Waals surface area contributed by atoms with Gasteiger partial charge in [-0.3, -0.25) is 4.57 Å². The van der Waals surface area contributed by atoms with Gasteiger partial charge in [0.1, 0.15) is 29.7 Å². The topological polar surface area (TPSA) is 140 Å². The lowest BCUT2D eigenvalue weighted by Gasteiger charge is -2.16. The average molecular weight is 281 g/mol. The molecule has 0 amide bonds. The summed E-state index contributed by atoms with van der Waals surface area (Å²) in [6.45, 7) is 1.29. The zero-order valence-corrected chi connectivity index (χ0v) is 10.7. The summed E-state index contributed by atoms with van der Waals surface area (Å²) in [7, 11) is 0. The highest BCUT2D eigenvalue weighted by atomic mass is 16.6. The summed E-state index contributed by atoms with van der Waals surface area (Å²) in [5.41, 5.74) is 6.57. The highest BCUT2D eigenvalue weighted by Gasteiger charge is 2.44. The lowest BCUT2D eigenvalue weighted by Crippen LogP contribution is -2.33. The van der Waals surface area contributed by atoms with Gasteiger partial charge < -0.3 is 25.8 Å². The molecule has 0 spiro atoms. The normalized spacial score (nSPS) is 30.2. The third kappa shape index (κ3) is 1.83. The zero-order chi connectivity index (χ0) is 14.4. The molecular formula is C11H15N5O4. The van der Waals surface area contributed by atoms with Crippen molar-refractivity contribution in [1.82, 2.24) is 19.5 Å². The fourth-order valence-corrected chi connectivity index (χ4v) is 2.35. The first-order valence-corrected chi connectivity index (χ1v) is 6.12. The number of aromatic nitrogens is 4.